The van der Waals surface area contributed by atoms with Crippen molar-refractivity contribution >= 4 is 36.2 Å². The van der Waals surface area contributed by atoms with Gasteiger partial charge in [0.25, 0.3) is 0 Å². The fraction of sp³-hybridized carbons (Fsp3) is 0.214. The lowest BCUT2D eigenvalue weighted by atomic mass is 10.2. The second kappa shape index (κ2) is 7.07. The number of nitrogens with two attached hydrogens (primary N) is 1. The van der Waals surface area contributed by atoms with Crippen molar-refractivity contribution in [1.82, 2.24) is 19.5 Å². The van der Waals surface area contributed by atoms with Crippen molar-refractivity contribution in [2.45, 2.75) is 12.4 Å². The van der Waals surface area contributed by atoms with Crippen LogP contribution in [0.3, 0.4) is 0 Å². The Kier molecular flexibility index (Phi) is 5.03. The summed E-state index contributed by atoms with van der Waals surface area (Å²) in [7, 11) is -4.53. The largest absolute Gasteiger partial charge is 0.382 e. The van der Waals surface area contributed by atoms with Crippen LogP contribution in [0.15, 0.2) is 36.9 Å². The van der Waals surface area contributed by atoms with Crippen molar-refractivity contribution in [2.75, 3.05) is 12.3 Å². The maximum atomic E-state index is 11.8. The van der Waals surface area contributed by atoms with Gasteiger partial charge in [-0.1, -0.05) is 23.7 Å². The van der Waals surface area contributed by atoms with Gasteiger partial charge in [0, 0.05) is 11.6 Å². The Labute approximate surface area is 147 Å². The third-order valence-electron chi connectivity index (χ3n) is 3.48. The second-order valence-electron chi connectivity index (χ2n) is 5.24. The minimum absolute atomic E-state index is 0.0255. The highest BCUT2D eigenvalue weighted by Gasteiger charge is 2.31. The fourth-order valence-electron chi connectivity index (χ4n) is 2.37. The number of nitrogen functional groups attached to an aromatic ring is 1. The minimum atomic E-state index is -4.53. The summed E-state index contributed by atoms with van der Waals surface area (Å²) >= 11 is 5.89. The molecule has 132 valence electrons. The monoisotopic (exact) mass is 383 g/mol. The highest BCUT2D eigenvalue weighted by molar-refractivity contribution is 7.52. The van der Waals surface area contributed by atoms with Crippen LogP contribution in [0.5, 0.6) is 0 Å². The van der Waals surface area contributed by atoms with E-state index in [1.807, 2.05) is 0 Å². The lowest BCUT2D eigenvalue weighted by Gasteiger charge is -2.20. The molecule has 0 aliphatic heterocycles. The van der Waals surface area contributed by atoms with E-state index in [9.17, 15) is 14.4 Å². The predicted molar refractivity (Wildman–Crippen MR) is 91.9 cm³/mol. The minimum Gasteiger partial charge on any atom is -0.382 e. The third-order valence-corrected chi connectivity index (χ3v) is 4.77. The molecule has 1 unspecified atom stereocenters. The Balaban J connectivity index is 1.75. The van der Waals surface area contributed by atoms with E-state index in [0.717, 1.165) is 0 Å². The third kappa shape index (κ3) is 3.97. The van der Waals surface area contributed by atoms with E-state index in [1.165, 1.54) is 18.7 Å². The Morgan fingerprint density at radius 1 is 1.32 bits per heavy atom. The van der Waals surface area contributed by atoms with Crippen molar-refractivity contribution in [3.63, 3.8) is 0 Å². The van der Waals surface area contributed by atoms with Gasteiger partial charge in [-0.2, -0.15) is 0 Å². The summed E-state index contributed by atoms with van der Waals surface area (Å²) in [6.45, 7) is 0.307. The van der Waals surface area contributed by atoms with E-state index < -0.39 is 13.4 Å². The molecule has 25 heavy (non-hydrogen) atoms. The Morgan fingerprint density at radius 2 is 2.12 bits per heavy atom. The molecule has 3 rings (SSSR count). The van der Waals surface area contributed by atoms with E-state index in [0.29, 0.717) is 21.7 Å². The molecule has 0 spiro atoms. The summed E-state index contributed by atoms with van der Waals surface area (Å²) < 4.78 is 18.9. The van der Waals surface area contributed by atoms with Gasteiger partial charge in [-0.15, -0.1) is 0 Å². The van der Waals surface area contributed by atoms with Crippen LogP contribution in [0.25, 0.3) is 11.2 Å². The van der Waals surface area contributed by atoms with Crippen molar-refractivity contribution in [1.29, 1.82) is 0 Å². The first-order chi connectivity index (χ1) is 11.9. The van der Waals surface area contributed by atoms with Crippen LogP contribution in [0.2, 0.25) is 5.02 Å². The molecule has 0 saturated carbocycles. The van der Waals surface area contributed by atoms with Gasteiger partial charge in [0.05, 0.1) is 12.9 Å². The number of imidazole rings is 1. The number of nitrogens with zero attached hydrogens (tertiary/aromatic N) is 4. The molecule has 0 aliphatic carbocycles. The smallest absolute Gasteiger partial charge is 0.358 e. The van der Waals surface area contributed by atoms with Crippen molar-refractivity contribution in [2.24, 2.45) is 0 Å². The normalized spacial score (nSPS) is 13.2. The van der Waals surface area contributed by atoms with Gasteiger partial charge in [0.2, 0.25) is 0 Å². The number of benzene rings is 1. The summed E-state index contributed by atoms with van der Waals surface area (Å²) in [4.78, 5) is 31.2. The van der Waals surface area contributed by atoms with Gasteiger partial charge in [-0.05, 0) is 17.7 Å². The van der Waals surface area contributed by atoms with E-state index in [1.54, 1.807) is 22.8 Å². The Hall–Kier alpha value is -2.03. The number of halogens is 1. The number of ether oxygens (including phenoxy) is 1. The maximum absolute atomic E-state index is 11.8. The molecule has 4 N–H and O–H groups in total. The molecule has 0 amide bonds. The summed E-state index contributed by atoms with van der Waals surface area (Å²) in [5.41, 5.74) is 7.01. The van der Waals surface area contributed by atoms with Crippen LogP contribution in [0.1, 0.15) is 11.4 Å². The summed E-state index contributed by atoms with van der Waals surface area (Å²) in [6, 6.07) is 6.23. The molecule has 2 heterocycles. The molecule has 11 heteroatoms. The number of rotatable bonds is 6. The number of hydrogen-bond donors (Lipinski definition) is 3. The van der Waals surface area contributed by atoms with E-state index in [4.69, 9.17) is 22.1 Å². The van der Waals surface area contributed by atoms with Gasteiger partial charge in [0.15, 0.2) is 17.3 Å². The molecule has 0 fully saturated rings. The standard InChI is InChI=1S/C14H15ClN5O4P/c15-10-3-1-2-9(6-10)14(25(21,22)23)24-5-4-20-8-19-11-12(16)17-7-18-13(11)20/h1-3,6-8,14H,4-5H2,(H2,16,17,18)(H2,21,22,23). The zero-order valence-electron chi connectivity index (χ0n) is 12.9. The highest BCUT2D eigenvalue weighted by atomic mass is 35.5. The first-order valence-electron chi connectivity index (χ1n) is 7.20. The summed E-state index contributed by atoms with van der Waals surface area (Å²) in [5, 5.41) is 0.368. The first-order valence-corrected chi connectivity index (χ1v) is 9.26. The molecule has 0 saturated heterocycles. The predicted octanol–water partition coefficient (Wildman–Crippen LogP) is 1.96. The van der Waals surface area contributed by atoms with Gasteiger partial charge in [0.1, 0.15) is 11.8 Å². The van der Waals surface area contributed by atoms with Gasteiger partial charge >= 0.3 is 7.60 Å². The lowest BCUT2D eigenvalue weighted by molar-refractivity contribution is 0.0801. The van der Waals surface area contributed by atoms with Crippen LogP contribution in [0, 0.1) is 0 Å². The zero-order valence-corrected chi connectivity index (χ0v) is 14.5. The van der Waals surface area contributed by atoms with Crippen LogP contribution < -0.4 is 5.73 Å². The first kappa shape index (κ1) is 17.8. The molecule has 0 bridgehead atoms. The molecule has 0 aliphatic rings. The molecule has 0 radical (unpaired) electrons. The fourth-order valence-corrected chi connectivity index (χ4v) is 3.42. The topological polar surface area (TPSA) is 136 Å². The molecule has 9 nitrogen and oxygen atoms in total. The van der Waals surface area contributed by atoms with E-state index in [-0.39, 0.29) is 19.0 Å². The molecule has 2 aromatic heterocycles. The maximum Gasteiger partial charge on any atom is 0.358 e. The Morgan fingerprint density at radius 3 is 2.84 bits per heavy atom. The summed E-state index contributed by atoms with van der Waals surface area (Å²) in [5.74, 6) is -1.14. The average Bonchev–Trinajstić information content (AvgIpc) is 2.95. The van der Waals surface area contributed by atoms with Crippen LogP contribution in [-0.4, -0.2) is 35.9 Å². The number of hydrogen-bond acceptors (Lipinski definition) is 6. The quantitative estimate of drug-likeness (QED) is 0.549. The van der Waals surface area contributed by atoms with Crippen molar-refractivity contribution in [3.8, 4) is 0 Å². The number of anilines is 1. The van der Waals surface area contributed by atoms with Gasteiger partial charge < -0.3 is 24.8 Å². The molecular formula is C14H15ClN5O4P. The molecular weight excluding hydrogens is 369 g/mol. The average molecular weight is 384 g/mol. The van der Waals surface area contributed by atoms with Crippen molar-refractivity contribution in [3.05, 3.63) is 47.5 Å². The van der Waals surface area contributed by atoms with E-state index >= 15 is 0 Å². The van der Waals surface area contributed by atoms with Crippen LogP contribution in [-0.2, 0) is 15.8 Å². The lowest BCUT2D eigenvalue weighted by Crippen LogP contribution is -2.11. The van der Waals surface area contributed by atoms with Crippen molar-refractivity contribution < 1.29 is 19.1 Å². The number of aromatic nitrogens is 4. The van der Waals surface area contributed by atoms with Gasteiger partial charge in [-0.3, -0.25) is 4.57 Å². The van der Waals surface area contributed by atoms with E-state index in [2.05, 4.69) is 15.0 Å². The summed E-state index contributed by atoms with van der Waals surface area (Å²) in [6.07, 6.45) is 2.84. The molecule has 1 aromatic carbocycles. The van der Waals surface area contributed by atoms with Crippen LogP contribution in [0.4, 0.5) is 5.82 Å². The SMILES string of the molecule is Nc1ncnc2c1ncn2CCOC(c1cccc(Cl)c1)P(=O)(O)O. The molecule has 3 aromatic rings. The van der Waals surface area contributed by atoms with Crippen LogP contribution >= 0.6 is 19.2 Å². The second-order valence-corrected chi connectivity index (χ2v) is 7.32. The van der Waals surface area contributed by atoms with Gasteiger partial charge in [-0.25, -0.2) is 15.0 Å². The number of fused-ring (bicyclic) bond motifs is 1. The highest BCUT2D eigenvalue weighted by Crippen LogP contribution is 2.52. The zero-order chi connectivity index (χ0) is 18.0. The molecule has 1 atom stereocenters. The Bertz CT molecular complexity index is 944.